The third-order valence-corrected chi connectivity index (χ3v) is 3.87. The van der Waals surface area contributed by atoms with Crippen LogP contribution >= 0.6 is 11.6 Å². The summed E-state index contributed by atoms with van der Waals surface area (Å²) >= 11 is 5.92. The molecule has 1 aromatic carbocycles. The summed E-state index contributed by atoms with van der Waals surface area (Å²) in [6.07, 6.45) is 3.73. The molecule has 6 heteroatoms. The molecule has 0 radical (unpaired) electrons. The van der Waals surface area contributed by atoms with Crippen molar-refractivity contribution in [1.29, 1.82) is 0 Å². The number of fused-ring (bicyclic) bond motifs is 1. The first-order valence-electron chi connectivity index (χ1n) is 7.17. The number of imidazole rings is 1. The number of hydrogen-bond donors (Lipinski definition) is 1. The molecule has 118 valence electrons. The zero-order valence-corrected chi connectivity index (χ0v) is 13.3. The number of pyridine rings is 1. The Bertz CT molecular complexity index is 855. The van der Waals surface area contributed by atoms with E-state index in [1.165, 1.54) is 12.1 Å². The van der Waals surface area contributed by atoms with Gasteiger partial charge in [-0.25, -0.2) is 9.37 Å². The minimum Gasteiger partial charge on any atom is -0.350 e. The van der Waals surface area contributed by atoms with Crippen molar-refractivity contribution in [3.8, 4) is 0 Å². The van der Waals surface area contributed by atoms with Crippen LogP contribution in [0.1, 0.15) is 16.8 Å². The Kier molecular flexibility index (Phi) is 4.30. The minimum absolute atomic E-state index is 0.0992. The topological polar surface area (TPSA) is 46.4 Å². The number of carbonyl (C=O) groups excluding carboxylic acids is 1. The van der Waals surface area contributed by atoms with Gasteiger partial charge in [0.2, 0.25) is 5.91 Å². The highest BCUT2D eigenvalue weighted by molar-refractivity contribution is 6.31. The van der Waals surface area contributed by atoms with Gasteiger partial charge in [-0.15, -0.1) is 0 Å². The lowest BCUT2D eigenvalue weighted by atomic mass is 10.1. The summed E-state index contributed by atoms with van der Waals surface area (Å²) in [5.74, 6) is -0.777. The van der Waals surface area contributed by atoms with E-state index in [0.717, 1.165) is 16.9 Å². The predicted octanol–water partition coefficient (Wildman–Crippen LogP) is 3.29. The summed E-state index contributed by atoms with van der Waals surface area (Å²) in [7, 11) is 0. The molecular weight excluding hydrogens is 317 g/mol. The molecule has 0 saturated carbocycles. The molecule has 0 saturated heterocycles. The maximum absolute atomic E-state index is 13.7. The zero-order valence-electron chi connectivity index (χ0n) is 12.5. The molecule has 2 aromatic heterocycles. The number of carbonyl (C=O) groups is 1. The number of nitrogens with one attached hydrogen (secondary N) is 1. The van der Waals surface area contributed by atoms with Crippen molar-refractivity contribution < 1.29 is 9.18 Å². The Morgan fingerprint density at radius 1 is 1.30 bits per heavy atom. The molecule has 0 aliphatic heterocycles. The van der Waals surface area contributed by atoms with Gasteiger partial charge in [-0.1, -0.05) is 23.7 Å². The van der Waals surface area contributed by atoms with Crippen molar-refractivity contribution in [1.82, 2.24) is 14.7 Å². The lowest BCUT2D eigenvalue weighted by Gasteiger charge is -2.06. The van der Waals surface area contributed by atoms with Crippen LogP contribution in [0, 0.1) is 12.7 Å². The number of rotatable bonds is 4. The quantitative estimate of drug-likeness (QED) is 0.797. The molecule has 1 N–H and O–H groups in total. The second-order valence-electron chi connectivity index (χ2n) is 5.36. The van der Waals surface area contributed by atoms with E-state index in [-0.39, 0.29) is 29.5 Å². The minimum atomic E-state index is -0.476. The van der Waals surface area contributed by atoms with Crippen molar-refractivity contribution in [2.24, 2.45) is 0 Å². The number of benzene rings is 1. The van der Waals surface area contributed by atoms with E-state index in [4.69, 9.17) is 11.6 Å². The third kappa shape index (κ3) is 3.51. The van der Waals surface area contributed by atoms with E-state index in [9.17, 15) is 9.18 Å². The molecule has 3 rings (SSSR count). The third-order valence-electron chi connectivity index (χ3n) is 3.51. The maximum atomic E-state index is 13.7. The Hall–Kier alpha value is -2.40. The van der Waals surface area contributed by atoms with Gasteiger partial charge < -0.3 is 9.72 Å². The lowest BCUT2D eigenvalue weighted by Crippen LogP contribution is -2.25. The molecular formula is C17H15ClFN3O. The van der Waals surface area contributed by atoms with E-state index in [0.29, 0.717) is 0 Å². The van der Waals surface area contributed by atoms with Crippen molar-refractivity contribution in [3.05, 3.63) is 70.4 Å². The van der Waals surface area contributed by atoms with Crippen molar-refractivity contribution in [2.45, 2.75) is 19.9 Å². The van der Waals surface area contributed by atoms with Crippen molar-refractivity contribution >= 4 is 23.2 Å². The van der Waals surface area contributed by atoms with Crippen LogP contribution in [0.15, 0.2) is 42.7 Å². The average molecular weight is 332 g/mol. The molecule has 0 atom stereocenters. The molecule has 0 fully saturated rings. The Morgan fingerprint density at radius 3 is 2.91 bits per heavy atom. The summed E-state index contributed by atoms with van der Waals surface area (Å²) in [6.45, 7) is 2.28. The largest absolute Gasteiger partial charge is 0.350 e. The Labute approximate surface area is 137 Å². The van der Waals surface area contributed by atoms with Gasteiger partial charge in [-0.05, 0) is 30.7 Å². The van der Waals surface area contributed by atoms with Gasteiger partial charge in [-0.3, -0.25) is 4.79 Å². The zero-order chi connectivity index (χ0) is 16.4. The van der Waals surface area contributed by atoms with Crippen LogP contribution in [-0.2, 0) is 17.8 Å². The normalized spacial score (nSPS) is 10.9. The van der Waals surface area contributed by atoms with Gasteiger partial charge in [0.1, 0.15) is 11.5 Å². The van der Waals surface area contributed by atoms with Crippen molar-refractivity contribution in [3.63, 3.8) is 0 Å². The summed E-state index contributed by atoms with van der Waals surface area (Å²) in [5.41, 5.74) is 2.89. The van der Waals surface area contributed by atoms with E-state index in [1.807, 2.05) is 35.9 Å². The number of nitrogens with zero attached hydrogens (tertiary/aromatic N) is 2. The van der Waals surface area contributed by atoms with Gasteiger partial charge in [0, 0.05) is 23.0 Å². The SMILES string of the molecule is Cc1ccc2nc(CNC(=O)Cc3c(F)cccc3Cl)cn2c1. The molecule has 0 bridgehead atoms. The first-order chi connectivity index (χ1) is 11.0. The summed E-state index contributed by atoms with van der Waals surface area (Å²) in [5, 5.41) is 2.99. The van der Waals surface area contributed by atoms with E-state index >= 15 is 0 Å². The molecule has 2 heterocycles. The molecule has 0 spiro atoms. The number of aryl methyl sites for hydroxylation is 1. The standard InChI is InChI=1S/C17H15ClFN3O/c1-11-5-6-16-21-12(10-22(16)9-11)8-20-17(23)7-13-14(18)3-2-4-15(13)19/h2-6,9-10H,7-8H2,1H3,(H,20,23). The second-order valence-corrected chi connectivity index (χ2v) is 5.77. The molecule has 1 amide bonds. The first-order valence-corrected chi connectivity index (χ1v) is 7.54. The Balaban J connectivity index is 1.66. The molecule has 23 heavy (non-hydrogen) atoms. The molecule has 0 aliphatic rings. The molecule has 0 aliphatic carbocycles. The van der Waals surface area contributed by atoms with Gasteiger partial charge in [-0.2, -0.15) is 0 Å². The first kappa shape index (κ1) is 15.5. The molecule has 4 nitrogen and oxygen atoms in total. The highest BCUT2D eigenvalue weighted by Gasteiger charge is 2.12. The van der Waals surface area contributed by atoms with Crippen LogP contribution in [0.3, 0.4) is 0 Å². The van der Waals surface area contributed by atoms with Crippen LogP contribution in [-0.4, -0.2) is 15.3 Å². The van der Waals surface area contributed by atoms with Crippen molar-refractivity contribution in [2.75, 3.05) is 0 Å². The number of halogens is 2. The van der Waals surface area contributed by atoms with E-state index in [2.05, 4.69) is 10.3 Å². The molecule has 3 aromatic rings. The van der Waals surface area contributed by atoms with Crippen LogP contribution < -0.4 is 5.32 Å². The van der Waals surface area contributed by atoms with Crippen LogP contribution in [0.5, 0.6) is 0 Å². The number of amides is 1. The molecule has 0 unspecified atom stereocenters. The fourth-order valence-corrected chi connectivity index (χ4v) is 2.58. The fourth-order valence-electron chi connectivity index (χ4n) is 2.35. The van der Waals surface area contributed by atoms with Crippen LogP contribution in [0.2, 0.25) is 5.02 Å². The summed E-state index contributed by atoms with van der Waals surface area (Å²) < 4.78 is 15.6. The van der Waals surface area contributed by atoms with Gasteiger partial charge in [0.05, 0.1) is 18.7 Å². The van der Waals surface area contributed by atoms with Gasteiger partial charge in [0.15, 0.2) is 0 Å². The number of hydrogen-bond acceptors (Lipinski definition) is 2. The highest BCUT2D eigenvalue weighted by atomic mass is 35.5. The maximum Gasteiger partial charge on any atom is 0.224 e. The smallest absolute Gasteiger partial charge is 0.224 e. The van der Waals surface area contributed by atoms with E-state index < -0.39 is 5.82 Å². The van der Waals surface area contributed by atoms with Gasteiger partial charge >= 0.3 is 0 Å². The van der Waals surface area contributed by atoms with Gasteiger partial charge in [0.25, 0.3) is 0 Å². The number of aromatic nitrogens is 2. The monoisotopic (exact) mass is 331 g/mol. The summed E-state index contributed by atoms with van der Waals surface area (Å²) in [4.78, 5) is 16.4. The fraction of sp³-hybridized carbons (Fsp3) is 0.176. The van der Waals surface area contributed by atoms with Crippen LogP contribution in [0.25, 0.3) is 5.65 Å². The second kappa shape index (κ2) is 6.38. The van der Waals surface area contributed by atoms with E-state index in [1.54, 1.807) is 6.07 Å². The average Bonchev–Trinajstić information content (AvgIpc) is 2.91. The lowest BCUT2D eigenvalue weighted by molar-refractivity contribution is -0.120. The summed E-state index contributed by atoms with van der Waals surface area (Å²) in [6, 6.07) is 8.26. The van der Waals surface area contributed by atoms with Crippen LogP contribution in [0.4, 0.5) is 4.39 Å². The highest BCUT2D eigenvalue weighted by Crippen LogP contribution is 2.19. The Morgan fingerprint density at radius 2 is 2.13 bits per heavy atom. The predicted molar refractivity (Wildman–Crippen MR) is 86.9 cm³/mol.